The van der Waals surface area contributed by atoms with E-state index in [1.807, 2.05) is 0 Å². The van der Waals surface area contributed by atoms with Crippen LogP contribution in [0.3, 0.4) is 0 Å². The molecule has 0 bridgehead atoms. The number of alkyl halides is 4. The summed E-state index contributed by atoms with van der Waals surface area (Å²) in [5.74, 6) is -1.49. The third kappa shape index (κ3) is 3.22. The third-order valence-corrected chi connectivity index (χ3v) is 2.39. The van der Waals surface area contributed by atoms with E-state index in [2.05, 4.69) is 30.4 Å². The molecule has 0 aliphatic rings. The molecule has 1 aromatic rings. The molecule has 10 heteroatoms. The zero-order valence-electron chi connectivity index (χ0n) is 8.82. The van der Waals surface area contributed by atoms with E-state index in [1.54, 1.807) is 0 Å². The Hall–Kier alpha value is -1.58. The standard InChI is InChI=1S/C8H6BrF3N2O4/c1-17-7-5(14(15)16)6(18-8(10,11)12)4(2-9)3-13-7/h3H,2H2,1H3. The molecule has 0 saturated carbocycles. The minimum Gasteiger partial charge on any atom is -0.476 e. The molecule has 0 fully saturated rings. The lowest BCUT2D eigenvalue weighted by Gasteiger charge is -2.13. The van der Waals surface area contributed by atoms with E-state index in [4.69, 9.17) is 0 Å². The number of nitrogens with zero attached hydrogens (tertiary/aromatic N) is 2. The average molecular weight is 331 g/mol. The molecule has 0 aromatic carbocycles. The Kier molecular flexibility index (Phi) is 4.33. The lowest BCUT2D eigenvalue weighted by atomic mass is 10.2. The van der Waals surface area contributed by atoms with Gasteiger partial charge in [-0.2, -0.15) is 0 Å². The summed E-state index contributed by atoms with van der Waals surface area (Å²) in [5, 5.41) is 10.7. The average Bonchev–Trinajstić information content (AvgIpc) is 2.25. The molecule has 0 aliphatic heterocycles. The van der Waals surface area contributed by atoms with Gasteiger partial charge < -0.3 is 9.47 Å². The maximum atomic E-state index is 12.2. The fourth-order valence-electron chi connectivity index (χ4n) is 1.14. The number of halogens is 4. The number of hydrogen-bond acceptors (Lipinski definition) is 5. The predicted molar refractivity (Wildman–Crippen MR) is 56.8 cm³/mol. The highest BCUT2D eigenvalue weighted by Gasteiger charge is 2.38. The molecule has 18 heavy (non-hydrogen) atoms. The molecule has 0 saturated heterocycles. The molecule has 0 atom stereocenters. The largest absolute Gasteiger partial charge is 0.573 e. The molecule has 1 rings (SSSR count). The lowest BCUT2D eigenvalue weighted by molar-refractivity contribution is -0.390. The monoisotopic (exact) mass is 330 g/mol. The Morgan fingerprint density at radius 3 is 2.56 bits per heavy atom. The zero-order chi connectivity index (χ0) is 13.9. The van der Waals surface area contributed by atoms with Crippen LogP contribution >= 0.6 is 15.9 Å². The molecule has 0 amide bonds. The molecule has 0 spiro atoms. The van der Waals surface area contributed by atoms with Gasteiger partial charge in [0, 0.05) is 17.1 Å². The van der Waals surface area contributed by atoms with Crippen LogP contribution in [0.4, 0.5) is 18.9 Å². The Labute approximate surface area is 107 Å². The van der Waals surface area contributed by atoms with E-state index >= 15 is 0 Å². The van der Waals surface area contributed by atoms with Crippen molar-refractivity contribution in [3.8, 4) is 11.6 Å². The number of hydrogen-bond donors (Lipinski definition) is 0. The first-order chi connectivity index (χ1) is 8.30. The smallest absolute Gasteiger partial charge is 0.476 e. The number of pyridine rings is 1. The summed E-state index contributed by atoms with van der Waals surface area (Å²) in [6.07, 6.45) is -4.05. The first kappa shape index (κ1) is 14.5. The fraction of sp³-hybridized carbons (Fsp3) is 0.375. The SMILES string of the molecule is COc1ncc(CBr)c(OC(F)(F)F)c1[N+](=O)[O-]. The van der Waals surface area contributed by atoms with E-state index in [9.17, 15) is 23.3 Å². The van der Waals surface area contributed by atoms with Crippen LogP contribution in [0.15, 0.2) is 6.20 Å². The Morgan fingerprint density at radius 2 is 2.17 bits per heavy atom. The van der Waals surface area contributed by atoms with Gasteiger partial charge in [0.25, 0.3) is 5.88 Å². The molecular weight excluding hydrogens is 325 g/mol. The summed E-state index contributed by atoms with van der Waals surface area (Å²) in [6.45, 7) is 0. The van der Waals surface area contributed by atoms with E-state index in [0.717, 1.165) is 13.3 Å². The van der Waals surface area contributed by atoms with Crippen LogP contribution in [0.25, 0.3) is 0 Å². The van der Waals surface area contributed by atoms with E-state index in [0.29, 0.717) is 0 Å². The van der Waals surface area contributed by atoms with Gasteiger partial charge in [0.2, 0.25) is 5.75 Å². The number of nitro groups is 1. The Balaban J connectivity index is 3.45. The number of ether oxygens (including phenoxy) is 2. The van der Waals surface area contributed by atoms with Gasteiger partial charge in [0.05, 0.1) is 12.0 Å². The predicted octanol–water partition coefficient (Wildman–Crippen LogP) is 2.79. The second kappa shape index (κ2) is 5.38. The van der Waals surface area contributed by atoms with Crippen LogP contribution in [0.1, 0.15) is 5.56 Å². The van der Waals surface area contributed by atoms with Crippen molar-refractivity contribution in [2.75, 3.05) is 7.11 Å². The Morgan fingerprint density at radius 1 is 1.56 bits per heavy atom. The molecule has 0 aliphatic carbocycles. The van der Waals surface area contributed by atoms with E-state index in [1.165, 1.54) is 0 Å². The van der Waals surface area contributed by atoms with E-state index in [-0.39, 0.29) is 10.9 Å². The number of methoxy groups -OCH3 is 1. The maximum absolute atomic E-state index is 12.2. The Bertz CT molecular complexity index is 466. The van der Waals surface area contributed by atoms with Gasteiger partial charge in [0.1, 0.15) is 0 Å². The molecule has 1 heterocycles. The van der Waals surface area contributed by atoms with Gasteiger partial charge in [0.15, 0.2) is 0 Å². The van der Waals surface area contributed by atoms with Gasteiger partial charge in [-0.1, -0.05) is 15.9 Å². The van der Waals surface area contributed by atoms with Crippen molar-refractivity contribution >= 4 is 21.6 Å². The highest BCUT2D eigenvalue weighted by Crippen LogP contribution is 2.41. The number of rotatable bonds is 4. The van der Waals surface area contributed by atoms with Crippen LogP contribution in [0, 0.1) is 10.1 Å². The number of aromatic nitrogens is 1. The highest BCUT2D eigenvalue weighted by molar-refractivity contribution is 9.08. The van der Waals surface area contributed by atoms with Crippen molar-refractivity contribution in [2.45, 2.75) is 11.7 Å². The van der Waals surface area contributed by atoms with Crippen molar-refractivity contribution in [3.63, 3.8) is 0 Å². The van der Waals surface area contributed by atoms with Crippen molar-refractivity contribution in [2.24, 2.45) is 0 Å². The van der Waals surface area contributed by atoms with Crippen LogP contribution < -0.4 is 9.47 Å². The summed E-state index contributed by atoms with van der Waals surface area (Å²) in [7, 11) is 1.06. The van der Waals surface area contributed by atoms with Gasteiger partial charge >= 0.3 is 12.0 Å². The van der Waals surface area contributed by atoms with Crippen LogP contribution in [-0.2, 0) is 5.33 Å². The minimum absolute atomic E-state index is 0.0871. The quantitative estimate of drug-likeness (QED) is 0.482. The molecule has 1 aromatic heterocycles. The fourth-order valence-corrected chi connectivity index (χ4v) is 1.54. The summed E-state index contributed by atoms with van der Waals surface area (Å²) in [4.78, 5) is 13.3. The minimum atomic E-state index is -5.05. The summed E-state index contributed by atoms with van der Waals surface area (Å²) in [6, 6.07) is 0. The first-order valence-corrected chi connectivity index (χ1v) is 5.44. The van der Waals surface area contributed by atoms with Crippen molar-refractivity contribution in [3.05, 3.63) is 21.9 Å². The van der Waals surface area contributed by atoms with Gasteiger partial charge in [-0.3, -0.25) is 10.1 Å². The van der Waals surface area contributed by atoms with Gasteiger partial charge in [-0.25, -0.2) is 4.98 Å². The van der Waals surface area contributed by atoms with Gasteiger partial charge in [-0.15, -0.1) is 13.2 Å². The third-order valence-electron chi connectivity index (χ3n) is 1.78. The first-order valence-electron chi connectivity index (χ1n) is 4.32. The zero-order valence-corrected chi connectivity index (χ0v) is 10.4. The molecule has 0 unspecified atom stereocenters. The molecule has 0 N–H and O–H groups in total. The topological polar surface area (TPSA) is 74.5 Å². The molecule has 100 valence electrons. The van der Waals surface area contributed by atoms with Crippen LogP contribution in [0.5, 0.6) is 11.6 Å². The van der Waals surface area contributed by atoms with Crippen molar-refractivity contribution < 1.29 is 27.6 Å². The second-order valence-corrected chi connectivity index (χ2v) is 3.47. The van der Waals surface area contributed by atoms with Crippen molar-refractivity contribution in [1.29, 1.82) is 0 Å². The lowest BCUT2D eigenvalue weighted by Crippen LogP contribution is -2.19. The van der Waals surface area contributed by atoms with E-state index < -0.39 is 28.6 Å². The highest BCUT2D eigenvalue weighted by atomic mass is 79.9. The maximum Gasteiger partial charge on any atom is 0.573 e. The molecular formula is C8H6BrF3N2O4. The van der Waals surface area contributed by atoms with Crippen LogP contribution in [-0.4, -0.2) is 23.4 Å². The second-order valence-electron chi connectivity index (χ2n) is 2.91. The summed E-state index contributed by atoms with van der Waals surface area (Å²) >= 11 is 2.89. The summed E-state index contributed by atoms with van der Waals surface area (Å²) in [5.41, 5.74) is -1.08. The normalized spacial score (nSPS) is 11.2. The summed E-state index contributed by atoms with van der Waals surface area (Å²) < 4.78 is 44.9. The van der Waals surface area contributed by atoms with Crippen LogP contribution in [0.2, 0.25) is 0 Å². The van der Waals surface area contributed by atoms with Crippen molar-refractivity contribution in [1.82, 2.24) is 4.98 Å². The molecule has 6 nitrogen and oxygen atoms in total. The molecule has 0 radical (unpaired) electrons. The van der Waals surface area contributed by atoms with Gasteiger partial charge in [-0.05, 0) is 0 Å².